The average Bonchev–Trinajstić information content (AvgIpc) is 3.36. The highest BCUT2D eigenvalue weighted by Crippen LogP contribution is 2.19. The zero-order valence-corrected chi connectivity index (χ0v) is 13.3. The van der Waals surface area contributed by atoms with E-state index >= 15 is 0 Å². The van der Waals surface area contributed by atoms with Crippen molar-refractivity contribution in [1.29, 1.82) is 0 Å². The smallest absolute Gasteiger partial charge is 0.251 e. The molecule has 2 atom stereocenters. The first-order valence-electron chi connectivity index (χ1n) is 8.25. The number of rotatable bonds is 4. The third kappa shape index (κ3) is 3.02. The zero-order chi connectivity index (χ0) is 16.4. The van der Waals surface area contributed by atoms with Crippen molar-refractivity contribution < 1.29 is 9.53 Å². The van der Waals surface area contributed by atoms with Crippen molar-refractivity contribution in [1.82, 2.24) is 30.0 Å². The minimum atomic E-state index is -0.105. The fraction of sp³-hybridized carbons (Fsp3) is 0.500. The van der Waals surface area contributed by atoms with E-state index in [1.165, 1.54) is 12.8 Å². The van der Waals surface area contributed by atoms with Crippen LogP contribution in [0.25, 0.3) is 5.82 Å². The molecule has 8 nitrogen and oxygen atoms in total. The SMILES string of the molecule is O=C(N[C@H]1COC[C@@H]1N1CCCC1)c1ccnc(-n2cnnc2)c1. The van der Waals surface area contributed by atoms with Crippen LogP contribution in [0.5, 0.6) is 0 Å². The number of carbonyl (C=O) groups is 1. The molecule has 4 heterocycles. The van der Waals surface area contributed by atoms with E-state index in [0.717, 1.165) is 13.1 Å². The van der Waals surface area contributed by atoms with Gasteiger partial charge in [-0.1, -0.05) is 0 Å². The highest BCUT2D eigenvalue weighted by atomic mass is 16.5. The standard InChI is InChI=1S/C16H20N6O2/c23-16(12-3-4-17-15(7-12)22-10-18-19-11-22)20-13-8-24-9-14(13)21-5-1-2-6-21/h3-4,7,10-11,13-14H,1-2,5-6,8-9H2,(H,20,23)/t13-,14-/m0/s1. The van der Waals surface area contributed by atoms with Crippen molar-refractivity contribution >= 4 is 5.91 Å². The van der Waals surface area contributed by atoms with Gasteiger partial charge in [0.1, 0.15) is 18.5 Å². The summed E-state index contributed by atoms with van der Waals surface area (Å²) in [7, 11) is 0. The van der Waals surface area contributed by atoms with Gasteiger partial charge in [-0.05, 0) is 38.1 Å². The summed E-state index contributed by atoms with van der Waals surface area (Å²) in [6, 6.07) is 3.75. The molecule has 1 N–H and O–H groups in total. The summed E-state index contributed by atoms with van der Waals surface area (Å²) in [4.78, 5) is 19.3. The van der Waals surface area contributed by atoms with E-state index in [9.17, 15) is 4.79 Å². The maximum atomic E-state index is 12.6. The topological polar surface area (TPSA) is 85.2 Å². The van der Waals surface area contributed by atoms with Gasteiger partial charge >= 0.3 is 0 Å². The van der Waals surface area contributed by atoms with Crippen LogP contribution >= 0.6 is 0 Å². The maximum Gasteiger partial charge on any atom is 0.251 e. The number of amides is 1. The number of hydrogen-bond donors (Lipinski definition) is 1. The summed E-state index contributed by atoms with van der Waals surface area (Å²) in [6.45, 7) is 3.43. The van der Waals surface area contributed by atoms with E-state index in [2.05, 4.69) is 25.4 Å². The van der Waals surface area contributed by atoms with Gasteiger partial charge in [0.05, 0.1) is 25.3 Å². The van der Waals surface area contributed by atoms with E-state index in [0.29, 0.717) is 24.6 Å². The number of likely N-dealkylation sites (tertiary alicyclic amines) is 1. The van der Waals surface area contributed by atoms with Crippen LogP contribution in [-0.2, 0) is 4.74 Å². The minimum Gasteiger partial charge on any atom is -0.378 e. The molecule has 2 saturated heterocycles. The normalized spacial score (nSPS) is 24.3. The van der Waals surface area contributed by atoms with Gasteiger partial charge < -0.3 is 10.1 Å². The molecule has 0 bridgehead atoms. The molecule has 2 fully saturated rings. The summed E-state index contributed by atoms with van der Waals surface area (Å²) in [5.41, 5.74) is 0.570. The molecule has 2 aromatic heterocycles. The summed E-state index contributed by atoms with van der Waals surface area (Å²) in [5.74, 6) is 0.512. The minimum absolute atomic E-state index is 0.0297. The molecule has 0 unspecified atom stereocenters. The van der Waals surface area contributed by atoms with Gasteiger partial charge in [-0.3, -0.25) is 14.3 Å². The average molecular weight is 328 g/mol. The van der Waals surface area contributed by atoms with Crippen molar-refractivity contribution in [3.05, 3.63) is 36.5 Å². The molecule has 0 spiro atoms. The third-order valence-corrected chi connectivity index (χ3v) is 4.67. The Kier molecular flexibility index (Phi) is 4.22. The lowest BCUT2D eigenvalue weighted by Crippen LogP contribution is -2.50. The van der Waals surface area contributed by atoms with Crippen LogP contribution in [-0.4, -0.2) is 68.9 Å². The molecule has 2 aromatic rings. The van der Waals surface area contributed by atoms with Crippen LogP contribution in [0.4, 0.5) is 0 Å². The lowest BCUT2D eigenvalue weighted by Gasteiger charge is -2.27. The van der Waals surface area contributed by atoms with Gasteiger partial charge in [0, 0.05) is 11.8 Å². The molecular weight excluding hydrogens is 308 g/mol. The van der Waals surface area contributed by atoms with Crippen LogP contribution in [0.2, 0.25) is 0 Å². The Morgan fingerprint density at radius 3 is 2.79 bits per heavy atom. The fourth-order valence-corrected chi connectivity index (χ4v) is 3.39. The number of pyridine rings is 1. The first-order chi connectivity index (χ1) is 11.8. The second kappa shape index (κ2) is 6.66. The number of carbonyl (C=O) groups excluding carboxylic acids is 1. The monoisotopic (exact) mass is 328 g/mol. The molecule has 24 heavy (non-hydrogen) atoms. The number of aromatic nitrogens is 4. The highest BCUT2D eigenvalue weighted by Gasteiger charge is 2.35. The van der Waals surface area contributed by atoms with E-state index in [1.807, 2.05) is 0 Å². The third-order valence-electron chi connectivity index (χ3n) is 4.67. The van der Waals surface area contributed by atoms with Crippen molar-refractivity contribution in [3.8, 4) is 5.82 Å². The van der Waals surface area contributed by atoms with Gasteiger partial charge in [0.15, 0.2) is 0 Å². The molecule has 0 aliphatic carbocycles. The molecule has 126 valence electrons. The van der Waals surface area contributed by atoms with Crippen molar-refractivity contribution in [3.63, 3.8) is 0 Å². The molecule has 1 amide bonds. The van der Waals surface area contributed by atoms with E-state index < -0.39 is 0 Å². The molecular formula is C16H20N6O2. The zero-order valence-electron chi connectivity index (χ0n) is 13.3. The highest BCUT2D eigenvalue weighted by molar-refractivity contribution is 5.94. The van der Waals surface area contributed by atoms with Crippen LogP contribution in [0, 0.1) is 0 Å². The Hall–Kier alpha value is -2.32. The predicted molar refractivity (Wildman–Crippen MR) is 85.8 cm³/mol. The second-order valence-corrected chi connectivity index (χ2v) is 6.20. The van der Waals surface area contributed by atoms with Crippen LogP contribution in [0.1, 0.15) is 23.2 Å². The van der Waals surface area contributed by atoms with Gasteiger partial charge in [-0.2, -0.15) is 0 Å². The largest absolute Gasteiger partial charge is 0.378 e. The molecule has 2 aliphatic heterocycles. The van der Waals surface area contributed by atoms with E-state index in [4.69, 9.17) is 4.74 Å². The Labute approximate surface area is 139 Å². The van der Waals surface area contributed by atoms with E-state index in [-0.39, 0.29) is 18.0 Å². The van der Waals surface area contributed by atoms with Crippen LogP contribution in [0.3, 0.4) is 0 Å². The molecule has 0 aromatic carbocycles. The van der Waals surface area contributed by atoms with Crippen molar-refractivity contribution in [2.75, 3.05) is 26.3 Å². The summed E-state index contributed by atoms with van der Waals surface area (Å²) in [5, 5.41) is 10.6. The van der Waals surface area contributed by atoms with Crippen molar-refractivity contribution in [2.45, 2.75) is 24.9 Å². The Balaban J connectivity index is 1.47. The van der Waals surface area contributed by atoms with Gasteiger partial charge in [-0.25, -0.2) is 4.98 Å². The summed E-state index contributed by atoms with van der Waals surface area (Å²) >= 11 is 0. The summed E-state index contributed by atoms with van der Waals surface area (Å²) < 4.78 is 7.28. The van der Waals surface area contributed by atoms with Gasteiger partial charge in [0.2, 0.25) is 0 Å². The quantitative estimate of drug-likeness (QED) is 0.866. The second-order valence-electron chi connectivity index (χ2n) is 6.20. The first kappa shape index (κ1) is 15.2. The predicted octanol–water partition coefficient (Wildman–Crippen LogP) is 0.255. The fourth-order valence-electron chi connectivity index (χ4n) is 3.39. The molecule has 2 aliphatic rings. The molecule has 0 saturated carbocycles. The Bertz CT molecular complexity index is 698. The number of ether oxygens (including phenoxy) is 1. The van der Waals surface area contributed by atoms with Crippen LogP contribution in [0.15, 0.2) is 31.0 Å². The number of nitrogens with zero attached hydrogens (tertiary/aromatic N) is 5. The Morgan fingerprint density at radius 1 is 1.21 bits per heavy atom. The molecule has 8 heteroatoms. The summed E-state index contributed by atoms with van der Waals surface area (Å²) in [6.07, 6.45) is 7.18. The number of hydrogen-bond acceptors (Lipinski definition) is 6. The lowest BCUT2D eigenvalue weighted by molar-refractivity contribution is 0.0916. The Morgan fingerprint density at radius 2 is 2.00 bits per heavy atom. The maximum absolute atomic E-state index is 12.6. The van der Waals surface area contributed by atoms with Gasteiger partial charge in [0.25, 0.3) is 5.91 Å². The van der Waals surface area contributed by atoms with Crippen LogP contribution < -0.4 is 5.32 Å². The van der Waals surface area contributed by atoms with E-state index in [1.54, 1.807) is 35.6 Å². The van der Waals surface area contributed by atoms with Crippen molar-refractivity contribution in [2.24, 2.45) is 0 Å². The molecule has 4 rings (SSSR count). The molecule has 0 radical (unpaired) electrons. The first-order valence-corrected chi connectivity index (χ1v) is 8.25. The van der Waals surface area contributed by atoms with Gasteiger partial charge in [-0.15, -0.1) is 10.2 Å². The number of nitrogens with one attached hydrogen (secondary N) is 1. The lowest BCUT2D eigenvalue weighted by atomic mass is 10.1.